The van der Waals surface area contributed by atoms with Crippen LogP contribution < -0.4 is 15.4 Å². The van der Waals surface area contributed by atoms with Crippen LogP contribution in [0.25, 0.3) is 0 Å². The van der Waals surface area contributed by atoms with E-state index in [4.69, 9.17) is 9.47 Å². The van der Waals surface area contributed by atoms with Gasteiger partial charge in [0, 0.05) is 11.8 Å². The zero-order valence-corrected chi connectivity index (χ0v) is 19.9. The maximum Gasteiger partial charge on any atom is 0.260 e. The summed E-state index contributed by atoms with van der Waals surface area (Å²) in [6.07, 6.45) is 1.64. The van der Waals surface area contributed by atoms with E-state index in [9.17, 15) is 25.2 Å². The van der Waals surface area contributed by atoms with Crippen LogP contribution in [0.5, 0.6) is 11.5 Å². The number of aliphatic hydroxyl groups excluding tert-OH is 2. The molecule has 10 nitrogen and oxygen atoms in total. The molecule has 0 saturated carbocycles. The minimum Gasteiger partial charge on any atom is -0.505 e. The second-order valence-electron chi connectivity index (χ2n) is 9.31. The number of allylic oxidation sites excluding steroid dienone is 2. The number of fused-ring (bicyclic) bond motifs is 2. The van der Waals surface area contributed by atoms with Gasteiger partial charge in [-0.1, -0.05) is 12.2 Å². The number of hydrogen-bond donors (Lipinski definition) is 6. The highest BCUT2D eigenvalue weighted by molar-refractivity contribution is 6.03. The maximum absolute atomic E-state index is 13.4. The number of hydrogen-bond acceptors (Lipinski definition) is 9. The summed E-state index contributed by atoms with van der Waals surface area (Å²) in [5.41, 5.74) is -0.157. The van der Waals surface area contributed by atoms with Crippen molar-refractivity contribution in [2.75, 3.05) is 12.4 Å². The first-order valence-corrected chi connectivity index (χ1v) is 11.4. The molecule has 0 bridgehead atoms. The van der Waals surface area contributed by atoms with E-state index in [0.29, 0.717) is 6.42 Å². The van der Waals surface area contributed by atoms with Crippen molar-refractivity contribution in [3.63, 3.8) is 0 Å². The first-order chi connectivity index (χ1) is 16.0. The number of benzene rings is 1. The lowest BCUT2D eigenvalue weighted by molar-refractivity contribution is -0.272. The Balaban J connectivity index is 1.70. The van der Waals surface area contributed by atoms with E-state index >= 15 is 0 Å². The monoisotopic (exact) mass is 475 g/mol. The molecular formula is C24H33N3O7. The largest absolute Gasteiger partial charge is 0.505 e. The van der Waals surface area contributed by atoms with E-state index in [2.05, 4.69) is 10.6 Å². The van der Waals surface area contributed by atoms with E-state index in [1.165, 1.54) is 17.9 Å². The summed E-state index contributed by atoms with van der Waals surface area (Å²) < 4.78 is 11.7. The molecule has 0 radical (unpaired) electrons. The number of ether oxygens (including phenoxy) is 2. The molecule has 3 aliphatic rings. The number of nitrogens with one attached hydrogen (secondary N) is 2. The number of aliphatic hydroxyl groups is 3. The summed E-state index contributed by atoms with van der Waals surface area (Å²) in [6, 6.07) is 0.380. The Bertz CT molecular complexity index is 1040. The Morgan fingerprint density at radius 2 is 2.09 bits per heavy atom. The van der Waals surface area contributed by atoms with Crippen LogP contribution in [0.2, 0.25) is 0 Å². The van der Waals surface area contributed by atoms with Crippen LogP contribution >= 0.6 is 0 Å². The lowest BCUT2D eigenvalue weighted by Crippen LogP contribution is -2.69. The Labute approximate surface area is 198 Å². The Morgan fingerprint density at radius 3 is 2.74 bits per heavy atom. The van der Waals surface area contributed by atoms with Crippen molar-refractivity contribution in [1.29, 1.82) is 0 Å². The lowest BCUT2D eigenvalue weighted by atomic mass is 9.84. The van der Waals surface area contributed by atoms with Gasteiger partial charge >= 0.3 is 0 Å². The molecule has 1 fully saturated rings. The Kier molecular flexibility index (Phi) is 6.38. The molecule has 0 aromatic heterocycles. The Morgan fingerprint density at radius 1 is 1.38 bits per heavy atom. The molecule has 186 valence electrons. The summed E-state index contributed by atoms with van der Waals surface area (Å²) in [4.78, 5) is 14.9. The smallest absolute Gasteiger partial charge is 0.260 e. The molecule has 1 aromatic rings. The van der Waals surface area contributed by atoms with Gasteiger partial charge in [-0.05, 0) is 52.8 Å². The van der Waals surface area contributed by atoms with Crippen molar-refractivity contribution in [2.45, 2.75) is 76.5 Å². The summed E-state index contributed by atoms with van der Waals surface area (Å²) in [5, 5.41) is 49.1. The molecule has 0 unspecified atom stereocenters. The van der Waals surface area contributed by atoms with E-state index < -0.39 is 48.3 Å². The first kappa shape index (κ1) is 24.5. The molecule has 3 aliphatic heterocycles. The highest BCUT2D eigenvalue weighted by Crippen LogP contribution is 2.43. The number of amides is 1. The third-order valence-corrected chi connectivity index (χ3v) is 6.97. The molecule has 1 amide bonds. The fourth-order valence-electron chi connectivity index (χ4n) is 5.07. The highest BCUT2D eigenvalue weighted by Gasteiger charge is 2.52. The average molecular weight is 476 g/mol. The van der Waals surface area contributed by atoms with Gasteiger partial charge in [0.05, 0.1) is 29.4 Å². The van der Waals surface area contributed by atoms with Crippen LogP contribution in [-0.2, 0) is 4.74 Å². The minimum absolute atomic E-state index is 0.107. The molecule has 10 heteroatoms. The van der Waals surface area contributed by atoms with Gasteiger partial charge in [0.25, 0.3) is 5.91 Å². The quantitative estimate of drug-likeness (QED) is 0.351. The van der Waals surface area contributed by atoms with Crippen LogP contribution in [0.4, 0.5) is 5.69 Å². The number of carbonyl (C=O) groups excluding carboxylic acids is 1. The van der Waals surface area contributed by atoms with E-state index in [-0.39, 0.29) is 28.3 Å². The number of rotatable bonds is 4. The van der Waals surface area contributed by atoms with Gasteiger partial charge in [-0.15, -0.1) is 0 Å². The zero-order valence-electron chi connectivity index (χ0n) is 19.9. The second kappa shape index (κ2) is 8.86. The molecule has 1 saturated heterocycles. The molecule has 3 heterocycles. The van der Waals surface area contributed by atoms with Crippen molar-refractivity contribution < 1.29 is 34.7 Å². The number of phenolic OH excluding ortho intramolecular Hbond substituents is 1. The third kappa shape index (κ3) is 3.85. The van der Waals surface area contributed by atoms with Crippen LogP contribution in [0.3, 0.4) is 0 Å². The summed E-state index contributed by atoms with van der Waals surface area (Å²) in [7, 11) is 1.66. The number of phenols is 1. The number of anilines is 1. The van der Waals surface area contributed by atoms with Gasteiger partial charge in [-0.25, -0.2) is 0 Å². The Hall–Kier alpha value is -2.63. The van der Waals surface area contributed by atoms with E-state index in [1.807, 2.05) is 19.1 Å². The normalized spacial score (nSPS) is 35.5. The minimum atomic E-state index is -1.56. The van der Waals surface area contributed by atoms with E-state index in [0.717, 1.165) is 5.57 Å². The third-order valence-electron chi connectivity index (χ3n) is 6.97. The maximum atomic E-state index is 13.4. The zero-order chi connectivity index (χ0) is 24.9. The average Bonchev–Trinajstić information content (AvgIpc) is 3.17. The fraction of sp³-hybridized carbons (Fsp3) is 0.542. The van der Waals surface area contributed by atoms with Crippen molar-refractivity contribution in [1.82, 2.24) is 10.2 Å². The predicted molar refractivity (Wildman–Crippen MR) is 124 cm³/mol. The lowest BCUT2D eigenvalue weighted by Gasteiger charge is -2.47. The van der Waals surface area contributed by atoms with Gasteiger partial charge < -0.3 is 45.4 Å². The molecule has 0 spiro atoms. The summed E-state index contributed by atoms with van der Waals surface area (Å²) in [5.74, 6) is -0.549. The molecule has 6 N–H and O–H groups in total. The van der Waals surface area contributed by atoms with Crippen LogP contribution in [0.15, 0.2) is 30.0 Å². The van der Waals surface area contributed by atoms with Crippen molar-refractivity contribution in [3.05, 3.63) is 41.1 Å². The van der Waals surface area contributed by atoms with Crippen molar-refractivity contribution in [3.8, 4) is 11.5 Å². The van der Waals surface area contributed by atoms with Crippen LogP contribution in [0.1, 0.15) is 43.1 Å². The van der Waals surface area contributed by atoms with E-state index in [1.54, 1.807) is 27.1 Å². The molecule has 4 rings (SSSR count). The summed E-state index contributed by atoms with van der Waals surface area (Å²) in [6.45, 7) is 6.70. The van der Waals surface area contributed by atoms with Crippen molar-refractivity contribution >= 4 is 11.6 Å². The topological polar surface area (TPSA) is 144 Å². The number of carbonyl (C=O) groups is 1. The van der Waals surface area contributed by atoms with Gasteiger partial charge in [-0.3, -0.25) is 4.79 Å². The van der Waals surface area contributed by atoms with Crippen molar-refractivity contribution in [2.24, 2.45) is 0 Å². The van der Waals surface area contributed by atoms with Gasteiger partial charge in [0.15, 0.2) is 0 Å². The van der Waals surface area contributed by atoms with Crippen LogP contribution in [0, 0.1) is 6.92 Å². The predicted octanol–water partition coefficient (Wildman–Crippen LogP) is 0.943. The summed E-state index contributed by atoms with van der Waals surface area (Å²) >= 11 is 0. The van der Waals surface area contributed by atoms with Gasteiger partial charge in [0.1, 0.15) is 29.4 Å². The van der Waals surface area contributed by atoms with Crippen LogP contribution in [-0.4, -0.2) is 80.7 Å². The number of likely N-dealkylation sites (N-methyl/N-ethyl adjacent to an activating group) is 1. The SMILES string of the molecule is C/C=C/C1=CN2C(=O)c3cc(O[C@@H]4O[C@@H](C)[C@H](NC)[C@@](C)(O)[C@H]4O)c(C)c(O)c3N[C@H](O)[C@@H]2C1. The first-order valence-electron chi connectivity index (χ1n) is 11.4. The highest BCUT2D eigenvalue weighted by atomic mass is 16.7. The number of aromatic hydroxyl groups is 1. The number of nitrogens with zero attached hydrogens (tertiary/aromatic N) is 1. The molecule has 34 heavy (non-hydrogen) atoms. The molecule has 1 aromatic carbocycles. The second-order valence-corrected chi connectivity index (χ2v) is 9.31. The molecule has 7 atom stereocenters. The van der Waals surface area contributed by atoms with Gasteiger partial charge in [0.2, 0.25) is 6.29 Å². The fourth-order valence-corrected chi connectivity index (χ4v) is 5.07. The standard InChI is InChI=1S/C24H33N3O7/c1-6-7-13-8-15-21(30)26-17-14(22(31)27(15)10-13)9-16(11(2)18(17)28)34-23-20(29)24(4,32)19(25-5)12(3)33-23/h6-7,9-10,12,15,19-21,23,25-26,28-30,32H,8H2,1-5H3/b7-6+/t12-,15-,19-,20-,21+,23-,24+/m0/s1. The molecular weight excluding hydrogens is 442 g/mol. The van der Waals surface area contributed by atoms with Gasteiger partial charge in [-0.2, -0.15) is 0 Å². The molecule has 0 aliphatic carbocycles.